The van der Waals surface area contributed by atoms with Crippen molar-refractivity contribution in [2.45, 2.75) is 12.8 Å². The second-order valence-corrected chi connectivity index (χ2v) is 3.30. The molecule has 13 heavy (non-hydrogen) atoms. The quantitative estimate of drug-likeness (QED) is 0.745. The van der Waals surface area contributed by atoms with Gasteiger partial charge in [-0.05, 0) is 18.1 Å². The lowest BCUT2D eigenvalue weighted by Gasteiger charge is -2.06. The van der Waals surface area contributed by atoms with Crippen LogP contribution in [0.4, 0.5) is 0 Å². The van der Waals surface area contributed by atoms with Crippen LogP contribution in [0, 0.1) is 0 Å². The van der Waals surface area contributed by atoms with Crippen molar-refractivity contribution >= 4 is 17.2 Å². The van der Waals surface area contributed by atoms with Crippen LogP contribution < -0.4 is 10.5 Å². The molecule has 0 aliphatic heterocycles. The van der Waals surface area contributed by atoms with Crippen molar-refractivity contribution in [1.82, 2.24) is 0 Å². The number of hydrogen-bond donors (Lipinski definition) is 1. The molecule has 0 aliphatic rings. The summed E-state index contributed by atoms with van der Waals surface area (Å²) in [7, 11) is 1.67. The standard InChI is InChI=1S/C10H13NOS/c1-12-9-5-3-2-4-8(9)6-7-10(11)13/h2-5H,6-7H2,1H3,(H2,11,13). The van der Waals surface area contributed by atoms with E-state index in [2.05, 4.69) is 0 Å². The van der Waals surface area contributed by atoms with Gasteiger partial charge in [-0.15, -0.1) is 0 Å². The first-order valence-electron chi connectivity index (χ1n) is 4.14. The van der Waals surface area contributed by atoms with Crippen molar-refractivity contribution in [2.75, 3.05) is 7.11 Å². The molecule has 1 aromatic rings. The van der Waals surface area contributed by atoms with Crippen molar-refractivity contribution in [3.63, 3.8) is 0 Å². The zero-order valence-corrected chi connectivity index (χ0v) is 8.43. The van der Waals surface area contributed by atoms with Crippen LogP contribution in [0.15, 0.2) is 24.3 Å². The van der Waals surface area contributed by atoms with E-state index in [9.17, 15) is 0 Å². The molecule has 3 heteroatoms. The lowest BCUT2D eigenvalue weighted by molar-refractivity contribution is 0.410. The largest absolute Gasteiger partial charge is 0.496 e. The van der Waals surface area contributed by atoms with E-state index < -0.39 is 0 Å². The maximum absolute atomic E-state index is 5.42. The Hall–Kier alpha value is -1.09. The molecule has 70 valence electrons. The number of methoxy groups -OCH3 is 1. The fourth-order valence-electron chi connectivity index (χ4n) is 1.17. The van der Waals surface area contributed by atoms with Crippen molar-refractivity contribution in [1.29, 1.82) is 0 Å². The Morgan fingerprint density at radius 1 is 1.46 bits per heavy atom. The third-order valence-corrected chi connectivity index (χ3v) is 2.04. The molecule has 1 aromatic carbocycles. The highest BCUT2D eigenvalue weighted by Gasteiger charge is 2.01. The topological polar surface area (TPSA) is 35.2 Å². The number of ether oxygens (including phenoxy) is 1. The van der Waals surface area contributed by atoms with E-state index >= 15 is 0 Å². The van der Waals surface area contributed by atoms with Crippen molar-refractivity contribution in [3.8, 4) is 5.75 Å². The second kappa shape index (κ2) is 4.82. The van der Waals surface area contributed by atoms with E-state index in [1.165, 1.54) is 0 Å². The van der Waals surface area contributed by atoms with E-state index in [1.54, 1.807) is 7.11 Å². The van der Waals surface area contributed by atoms with Crippen molar-refractivity contribution in [3.05, 3.63) is 29.8 Å². The molecule has 0 saturated carbocycles. The Bertz CT molecular complexity index is 299. The average Bonchev–Trinajstić information content (AvgIpc) is 2.15. The van der Waals surface area contributed by atoms with Gasteiger partial charge in [-0.25, -0.2) is 0 Å². The fraction of sp³-hybridized carbons (Fsp3) is 0.300. The Morgan fingerprint density at radius 2 is 2.15 bits per heavy atom. The Kier molecular flexibility index (Phi) is 3.71. The lowest BCUT2D eigenvalue weighted by atomic mass is 10.1. The summed E-state index contributed by atoms with van der Waals surface area (Å²) in [4.78, 5) is 0.547. The van der Waals surface area contributed by atoms with E-state index in [1.807, 2.05) is 24.3 Å². The van der Waals surface area contributed by atoms with E-state index in [0.29, 0.717) is 4.99 Å². The minimum Gasteiger partial charge on any atom is -0.496 e. The number of thiocarbonyl (C=S) groups is 1. The average molecular weight is 195 g/mol. The summed E-state index contributed by atoms with van der Waals surface area (Å²) in [5, 5.41) is 0. The summed E-state index contributed by atoms with van der Waals surface area (Å²) in [5.41, 5.74) is 6.57. The summed E-state index contributed by atoms with van der Waals surface area (Å²) >= 11 is 4.81. The van der Waals surface area contributed by atoms with Gasteiger partial charge < -0.3 is 10.5 Å². The predicted octanol–water partition coefficient (Wildman–Crippen LogP) is 1.91. The van der Waals surface area contributed by atoms with E-state index in [4.69, 9.17) is 22.7 Å². The highest BCUT2D eigenvalue weighted by atomic mass is 32.1. The summed E-state index contributed by atoms with van der Waals surface area (Å²) in [6.07, 6.45) is 1.58. The molecule has 2 N–H and O–H groups in total. The first kappa shape index (κ1) is 9.99. The molecule has 0 unspecified atom stereocenters. The molecule has 0 bridgehead atoms. The Balaban J connectivity index is 2.69. The van der Waals surface area contributed by atoms with Crippen LogP contribution in [0.25, 0.3) is 0 Å². The molecule has 0 saturated heterocycles. The molecule has 0 atom stereocenters. The van der Waals surface area contributed by atoms with Crippen molar-refractivity contribution in [2.24, 2.45) is 5.73 Å². The molecule has 0 aliphatic carbocycles. The normalized spacial score (nSPS) is 9.62. The number of rotatable bonds is 4. The maximum Gasteiger partial charge on any atom is 0.122 e. The van der Waals surface area contributed by atoms with Gasteiger partial charge >= 0.3 is 0 Å². The van der Waals surface area contributed by atoms with Gasteiger partial charge in [0.25, 0.3) is 0 Å². The van der Waals surface area contributed by atoms with Gasteiger partial charge in [0, 0.05) is 6.42 Å². The highest BCUT2D eigenvalue weighted by molar-refractivity contribution is 7.80. The third-order valence-electron chi connectivity index (χ3n) is 1.83. The monoisotopic (exact) mass is 195 g/mol. The molecule has 0 fully saturated rings. The van der Waals surface area contributed by atoms with Gasteiger partial charge in [0.1, 0.15) is 5.75 Å². The minimum absolute atomic E-state index is 0.547. The zero-order valence-electron chi connectivity index (χ0n) is 7.62. The smallest absolute Gasteiger partial charge is 0.122 e. The minimum atomic E-state index is 0.547. The van der Waals surface area contributed by atoms with E-state index in [0.717, 1.165) is 24.2 Å². The van der Waals surface area contributed by atoms with Crippen LogP contribution in [-0.4, -0.2) is 12.1 Å². The SMILES string of the molecule is COc1ccccc1CCC(N)=S. The summed E-state index contributed by atoms with van der Waals surface area (Å²) in [6.45, 7) is 0. The molecule has 0 amide bonds. The second-order valence-electron chi connectivity index (χ2n) is 2.78. The number of para-hydroxylation sites is 1. The van der Waals surface area contributed by atoms with Gasteiger partial charge in [-0.2, -0.15) is 0 Å². The summed E-state index contributed by atoms with van der Waals surface area (Å²) in [5.74, 6) is 0.902. The van der Waals surface area contributed by atoms with Crippen LogP contribution in [0.2, 0.25) is 0 Å². The summed E-state index contributed by atoms with van der Waals surface area (Å²) < 4.78 is 5.19. The molecule has 0 heterocycles. The number of aryl methyl sites for hydroxylation is 1. The van der Waals surface area contributed by atoms with Gasteiger partial charge in [0.15, 0.2) is 0 Å². The van der Waals surface area contributed by atoms with Gasteiger partial charge in [-0.1, -0.05) is 30.4 Å². The molecule has 1 rings (SSSR count). The number of nitrogens with two attached hydrogens (primary N) is 1. The highest BCUT2D eigenvalue weighted by Crippen LogP contribution is 2.18. The predicted molar refractivity (Wildman–Crippen MR) is 58.1 cm³/mol. The molecule has 2 nitrogen and oxygen atoms in total. The summed E-state index contributed by atoms with van der Waals surface area (Å²) in [6, 6.07) is 7.90. The first-order chi connectivity index (χ1) is 6.24. The van der Waals surface area contributed by atoms with Crippen LogP contribution in [0.1, 0.15) is 12.0 Å². The number of hydrogen-bond acceptors (Lipinski definition) is 2. The molecule has 0 radical (unpaired) electrons. The van der Waals surface area contributed by atoms with Crippen LogP contribution >= 0.6 is 12.2 Å². The lowest BCUT2D eigenvalue weighted by Crippen LogP contribution is -2.08. The van der Waals surface area contributed by atoms with Gasteiger partial charge in [0.2, 0.25) is 0 Å². The van der Waals surface area contributed by atoms with Crippen LogP contribution in [-0.2, 0) is 6.42 Å². The zero-order chi connectivity index (χ0) is 9.68. The fourth-order valence-corrected chi connectivity index (χ4v) is 1.27. The van der Waals surface area contributed by atoms with Gasteiger partial charge in [-0.3, -0.25) is 0 Å². The number of benzene rings is 1. The molecule has 0 aromatic heterocycles. The van der Waals surface area contributed by atoms with Crippen molar-refractivity contribution < 1.29 is 4.74 Å². The Labute approximate surface area is 83.7 Å². The third kappa shape index (κ3) is 3.03. The van der Waals surface area contributed by atoms with Crippen LogP contribution in [0.5, 0.6) is 5.75 Å². The van der Waals surface area contributed by atoms with Crippen LogP contribution in [0.3, 0.4) is 0 Å². The first-order valence-corrected chi connectivity index (χ1v) is 4.55. The van der Waals surface area contributed by atoms with E-state index in [-0.39, 0.29) is 0 Å². The maximum atomic E-state index is 5.42. The molecule has 0 spiro atoms. The molecular formula is C10H13NOS. The molecular weight excluding hydrogens is 182 g/mol. The van der Waals surface area contributed by atoms with Gasteiger partial charge in [0.05, 0.1) is 12.1 Å². The Morgan fingerprint density at radius 3 is 2.77 bits per heavy atom.